The Kier molecular flexibility index (Phi) is 4.93. The Labute approximate surface area is 129 Å². The molecule has 0 aromatic carbocycles. The van der Waals surface area contributed by atoms with E-state index in [9.17, 15) is 4.79 Å². The van der Waals surface area contributed by atoms with E-state index < -0.39 is 5.97 Å². The van der Waals surface area contributed by atoms with E-state index >= 15 is 0 Å². The Morgan fingerprint density at radius 2 is 2.24 bits per heavy atom. The number of carbonyl (C=O) groups is 1. The smallest absolute Gasteiger partial charge is 0.313 e. The zero-order valence-electron chi connectivity index (χ0n) is 13.0. The molecule has 1 aliphatic heterocycles. The van der Waals surface area contributed by atoms with Crippen LogP contribution in [0.2, 0.25) is 0 Å². The van der Waals surface area contributed by atoms with Gasteiger partial charge in [0.05, 0.1) is 11.4 Å². The van der Waals surface area contributed by atoms with Crippen molar-refractivity contribution in [2.24, 2.45) is 0 Å². The third kappa shape index (κ3) is 3.97. The van der Waals surface area contributed by atoms with E-state index in [1.807, 2.05) is 0 Å². The van der Waals surface area contributed by atoms with Gasteiger partial charge in [-0.2, -0.15) is 0 Å². The van der Waals surface area contributed by atoms with Crippen molar-refractivity contribution >= 4 is 17.7 Å². The van der Waals surface area contributed by atoms with Gasteiger partial charge in [0.15, 0.2) is 5.16 Å². The SMILES string of the molecule is CC(C)c1nnc(SCC(=O)O)n1C1CCOC(C)(C)C1. The highest BCUT2D eigenvalue weighted by Crippen LogP contribution is 2.36. The Hall–Kier alpha value is -1.08. The fraction of sp³-hybridized carbons (Fsp3) is 0.786. The fourth-order valence-corrected chi connectivity index (χ4v) is 3.40. The normalized spacial score (nSPS) is 21.7. The molecule has 2 rings (SSSR count). The first-order valence-electron chi connectivity index (χ1n) is 7.23. The van der Waals surface area contributed by atoms with Crippen LogP contribution in [-0.4, -0.2) is 43.8 Å². The first kappa shape index (κ1) is 16.3. The van der Waals surface area contributed by atoms with E-state index in [0.717, 1.165) is 18.7 Å². The van der Waals surface area contributed by atoms with Crippen LogP contribution in [0.4, 0.5) is 0 Å². The Balaban J connectivity index is 2.29. The predicted octanol–water partition coefficient (Wildman–Crippen LogP) is 2.71. The number of aliphatic carboxylic acids is 1. The summed E-state index contributed by atoms with van der Waals surface area (Å²) < 4.78 is 7.90. The molecule has 0 amide bonds. The molecule has 0 spiro atoms. The second-order valence-electron chi connectivity index (χ2n) is 6.30. The van der Waals surface area contributed by atoms with Crippen molar-refractivity contribution in [2.45, 2.75) is 63.3 Å². The first-order chi connectivity index (χ1) is 9.80. The molecule has 1 atom stereocenters. The van der Waals surface area contributed by atoms with Crippen molar-refractivity contribution in [1.82, 2.24) is 14.8 Å². The molecule has 0 bridgehead atoms. The van der Waals surface area contributed by atoms with Gasteiger partial charge in [-0.3, -0.25) is 4.79 Å². The van der Waals surface area contributed by atoms with Gasteiger partial charge in [-0.05, 0) is 26.7 Å². The first-order valence-corrected chi connectivity index (χ1v) is 8.22. The lowest BCUT2D eigenvalue weighted by Crippen LogP contribution is -2.35. The lowest BCUT2D eigenvalue weighted by molar-refractivity contribution is -0.133. The summed E-state index contributed by atoms with van der Waals surface area (Å²) in [5.74, 6) is 0.337. The average Bonchev–Trinajstić information content (AvgIpc) is 2.78. The number of thioether (sulfide) groups is 1. The van der Waals surface area contributed by atoms with E-state index in [2.05, 4.69) is 42.5 Å². The highest BCUT2D eigenvalue weighted by atomic mass is 32.2. The van der Waals surface area contributed by atoms with Crippen LogP contribution >= 0.6 is 11.8 Å². The number of aromatic nitrogens is 3. The second-order valence-corrected chi connectivity index (χ2v) is 7.25. The molecule has 6 nitrogen and oxygen atoms in total. The molecule has 0 aliphatic carbocycles. The molecule has 1 unspecified atom stereocenters. The van der Waals surface area contributed by atoms with Crippen molar-refractivity contribution < 1.29 is 14.6 Å². The molecule has 1 aliphatic rings. The molecule has 1 saturated heterocycles. The molecule has 118 valence electrons. The zero-order valence-corrected chi connectivity index (χ0v) is 13.8. The average molecular weight is 313 g/mol. The standard InChI is InChI=1S/C14H23N3O3S/c1-9(2)12-15-16-13(21-8-11(18)19)17(12)10-5-6-20-14(3,4)7-10/h9-10H,5-8H2,1-4H3,(H,18,19). The molecule has 0 radical (unpaired) electrons. The van der Waals surface area contributed by atoms with Crippen molar-refractivity contribution in [3.63, 3.8) is 0 Å². The number of hydrogen-bond donors (Lipinski definition) is 1. The van der Waals surface area contributed by atoms with Gasteiger partial charge in [-0.25, -0.2) is 0 Å². The largest absolute Gasteiger partial charge is 0.481 e. The van der Waals surface area contributed by atoms with Gasteiger partial charge < -0.3 is 14.4 Å². The monoisotopic (exact) mass is 313 g/mol. The topological polar surface area (TPSA) is 77.2 Å². The highest BCUT2D eigenvalue weighted by Gasteiger charge is 2.33. The number of carboxylic acid groups (broad SMARTS) is 1. The number of rotatable bonds is 5. The molecule has 0 saturated carbocycles. The summed E-state index contributed by atoms with van der Waals surface area (Å²) >= 11 is 1.24. The number of nitrogens with zero attached hydrogens (tertiary/aromatic N) is 3. The minimum Gasteiger partial charge on any atom is -0.481 e. The summed E-state index contributed by atoms with van der Waals surface area (Å²) in [5, 5.41) is 18.1. The molecule has 1 aromatic rings. The van der Waals surface area contributed by atoms with Crippen LogP contribution in [0.15, 0.2) is 5.16 Å². The lowest BCUT2D eigenvalue weighted by Gasteiger charge is -2.37. The van der Waals surface area contributed by atoms with E-state index in [0.29, 0.717) is 11.8 Å². The Morgan fingerprint density at radius 3 is 2.81 bits per heavy atom. The van der Waals surface area contributed by atoms with Gasteiger partial charge in [0, 0.05) is 18.6 Å². The summed E-state index contributed by atoms with van der Waals surface area (Å²) in [4.78, 5) is 10.8. The third-order valence-electron chi connectivity index (χ3n) is 3.57. The van der Waals surface area contributed by atoms with Crippen LogP contribution in [0.3, 0.4) is 0 Å². The molecular weight excluding hydrogens is 290 g/mol. The van der Waals surface area contributed by atoms with E-state index in [-0.39, 0.29) is 23.3 Å². The van der Waals surface area contributed by atoms with Gasteiger partial charge in [-0.15, -0.1) is 10.2 Å². The molecule has 2 heterocycles. The quantitative estimate of drug-likeness (QED) is 0.842. The molecule has 21 heavy (non-hydrogen) atoms. The maximum absolute atomic E-state index is 10.8. The van der Waals surface area contributed by atoms with E-state index in [4.69, 9.17) is 9.84 Å². The second kappa shape index (κ2) is 6.36. The van der Waals surface area contributed by atoms with Crippen LogP contribution in [0, 0.1) is 0 Å². The summed E-state index contributed by atoms with van der Waals surface area (Å²) in [7, 11) is 0. The van der Waals surface area contributed by atoms with Crippen LogP contribution in [-0.2, 0) is 9.53 Å². The van der Waals surface area contributed by atoms with Gasteiger partial charge in [0.25, 0.3) is 0 Å². The maximum atomic E-state index is 10.8. The van der Waals surface area contributed by atoms with Gasteiger partial charge in [0.2, 0.25) is 0 Å². The van der Waals surface area contributed by atoms with E-state index in [1.54, 1.807) is 0 Å². The Morgan fingerprint density at radius 1 is 1.52 bits per heavy atom. The molecule has 1 N–H and O–H groups in total. The van der Waals surface area contributed by atoms with E-state index in [1.165, 1.54) is 11.8 Å². The van der Waals surface area contributed by atoms with Crippen molar-refractivity contribution in [1.29, 1.82) is 0 Å². The fourth-order valence-electron chi connectivity index (χ4n) is 2.67. The zero-order chi connectivity index (χ0) is 15.6. The highest BCUT2D eigenvalue weighted by molar-refractivity contribution is 7.99. The summed E-state index contributed by atoms with van der Waals surface area (Å²) in [6, 6.07) is 0.262. The Bertz CT molecular complexity index is 514. The molecule has 1 fully saturated rings. The molecular formula is C14H23N3O3S. The minimum atomic E-state index is -0.840. The third-order valence-corrected chi connectivity index (χ3v) is 4.50. The van der Waals surface area contributed by atoms with Gasteiger partial charge in [0.1, 0.15) is 5.82 Å². The van der Waals surface area contributed by atoms with Crippen LogP contribution in [0.1, 0.15) is 58.3 Å². The maximum Gasteiger partial charge on any atom is 0.313 e. The number of ether oxygens (including phenoxy) is 1. The van der Waals surface area contributed by atoms with Gasteiger partial charge >= 0.3 is 5.97 Å². The van der Waals surface area contributed by atoms with Crippen molar-refractivity contribution in [3.05, 3.63) is 5.82 Å². The van der Waals surface area contributed by atoms with Crippen LogP contribution < -0.4 is 0 Å². The number of hydrogen-bond acceptors (Lipinski definition) is 5. The summed E-state index contributed by atoms with van der Waals surface area (Å²) in [6.07, 6.45) is 1.78. The molecule has 1 aromatic heterocycles. The van der Waals surface area contributed by atoms with Crippen molar-refractivity contribution in [2.75, 3.05) is 12.4 Å². The van der Waals surface area contributed by atoms with Gasteiger partial charge in [-0.1, -0.05) is 25.6 Å². The van der Waals surface area contributed by atoms with Crippen LogP contribution in [0.25, 0.3) is 0 Å². The minimum absolute atomic E-state index is 0.00282. The summed E-state index contributed by atoms with van der Waals surface area (Å²) in [5.41, 5.74) is -0.170. The lowest BCUT2D eigenvalue weighted by atomic mass is 9.93. The predicted molar refractivity (Wildman–Crippen MR) is 80.8 cm³/mol. The number of carboxylic acids is 1. The van der Waals surface area contributed by atoms with Crippen LogP contribution in [0.5, 0.6) is 0 Å². The summed E-state index contributed by atoms with van der Waals surface area (Å²) in [6.45, 7) is 9.04. The van der Waals surface area contributed by atoms with Crippen molar-refractivity contribution in [3.8, 4) is 0 Å². The molecule has 7 heteroatoms.